The Labute approximate surface area is 91.5 Å². The summed E-state index contributed by atoms with van der Waals surface area (Å²) < 4.78 is 5.57. The topological polar surface area (TPSA) is 53.6 Å². The molecule has 80 valence electrons. The quantitative estimate of drug-likeness (QED) is 0.603. The van der Waals surface area contributed by atoms with Crippen LogP contribution in [-0.2, 0) is 0 Å². The van der Waals surface area contributed by atoms with Gasteiger partial charge in [-0.15, -0.1) is 0 Å². The molecule has 1 heterocycles. The lowest BCUT2D eigenvalue weighted by atomic mass is 10.1. The first kappa shape index (κ1) is 9.09. The van der Waals surface area contributed by atoms with Crippen LogP contribution in [0.5, 0.6) is 11.5 Å². The third-order valence-electron chi connectivity index (χ3n) is 2.68. The highest BCUT2D eigenvalue weighted by Crippen LogP contribution is 2.36. The third-order valence-corrected chi connectivity index (χ3v) is 2.68. The van der Waals surface area contributed by atoms with Crippen LogP contribution in [0.2, 0.25) is 0 Å². The van der Waals surface area contributed by atoms with E-state index in [1.165, 1.54) is 0 Å². The van der Waals surface area contributed by atoms with E-state index in [0.717, 1.165) is 10.9 Å². The number of hydrogen-bond donors (Lipinski definition) is 2. The minimum atomic E-state index is 0.155. The largest absolute Gasteiger partial charge is 0.508 e. The molecule has 3 heteroatoms. The number of benzene rings is 2. The summed E-state index contributed by atoms with van der Waals surface area (Å²) in [7, 11) is 0. The fraction of sp³-hybridized carbons (Fsp3) is 0.0769. The lowest BCUT2D eigenvalue weighted by molar-refractivity contribution is 0.475. The molecular formula is C13H10O3. The van der Waals surface area contributed by atoms with Crippen molar-refractivity contribution in [3.8, 4) is 11.5 Å². The first-order valence-corrected chi connectivity index (χ1v) is 5.00. The first-order valence-electron chi connectivity index (χ1n) is 5.00. The van der Waals surface area contributed by atoms with Gasteiger partial charge < -0.3 is 14.6 Å². The Morgan fingerprint density at radius 2 is 1.81 bits per heavy atom. The molecule has 0 saturated carbocycles. The van der Waals surface area contributed by atoms with Gasteiger partial charge in [0.15, 0.2) is 0 Å². The summed E-state index contributed by atoms with van der Waals surface area (Å²) in [6.45, 7) is 1.89. The Morgan fingerprint density at radius 1 is 1.00 bits per heavy atom. The van der Waals surface area contributed by atoms with Crippen LogP contribution in [0.4, 0.5) is 0 Å². The van der Waals surface area contributed by atoms with Gasteiger partial charge >= 0.3 is 0 Å². The van der Waals surface area contributed by atoms with Crippen molar-refractivity contribution in [2.45, 2.75) is 6.92 Å². The highest BCUT2D eigenvalue weighted by atomic mass is 16.3. The molecule has 16 heavy (non-hydrogen) atoms. The average Bonchev–Trinajstić information content (AvgIpc) is 2.54. The number of rotatable bonds is 0. The number of fused-ring (bicyclic) bond motifs is 3. The van der Waals surface area contributed by atoms with E-state index in [4.69, 9.17) is 4.42 Å². The van der Waals surface area contributed by atoms with Crippen molar-refractivity contribution in [3.05, 3.63) is 35.9 Å². The second-order valence-corrected chi connectivity index (χ2v) is 3.94. The predicted octanol–water partition coefficient (Wildman–Crippen LogP) is 3.31. The molecule has 0 aliphatic rings. The fourth-order valence-electron chi connectivity index (χ4n) is 2.01. The zero-order valence-corrected chi connectivity index (χ0v) is 8.69. The summed E-state index contributed by atoms with van der Waals surface area (Å²) in [4.78, 5) is 0. The maximum absolute atomic E-state index is 9.89. The van der Waals surface area contributed by atoms with E-state index in [1.54, 1.807) is 24.3 Å². The van der Waals surface area contributed by atoms with Crippen LogP contribution in [0, 0.1) is 6.92 Å². The standard InChI is InChI=1S/C13H10O3/c1-7-4-10(15)13-9-3-2-8(14)6-11(9)16-12(13)5-7/h2-6,14-15H,1H3. The van der Waals surface area contributed by atoms with Gasteiger partial charge in [-0.2, -0.15) is 0 Å². The SMILES string of the molecule is Cc1cc(O)c2c(c1)oc1cc(O)ccc12. The molecule has 0 aliphatic carbocycles. The van der Waals surface area contributed by atoms with E-state index < -0.39 is 0 Å². The summed E-state index contributed by atoms with van der Waals surface area (Å²) in [5, 5.41) is 20.7. The summed E-state index contributed by atoms with van der Waals surface area (Å²) in [6.07, 6.45) is 0. The van der Waals surface area contributed by atoms with Crippen LogP contribution >= 0.6 is 0 Å². The van der Waals surface area contributed by atoms with Crippen LogP contribution in [0.3, 0.4) is 0 Å². The number of phenols is 2. The van der Waals surface area contributed by atoms with Gasteiger partial charge in [-0.3, -0.25) is 0 Å². The van der Waals surface area contributed by atoms with Crippen LogP contribution in [0.15, 0.2) is 34.7 Å². The van der Waals surface area contributed by atoms with Crippen molar-refractivity contribution in [3.63, 3.8) is 0 Å². The number of aromatic hydroxyl groups is 2. The van der Waals surface area contributed by atoms with E-state index in [2.05, 4.69) is 0 Å². The van der Waals surface area contributed by atoms with Gasteiger partial charge in [0, 0.05) is 11.5 Å². The zero-order chi connectivity index (χ0) is 11.3. The number of aryl methyl sites for hydroxylation is 1. The highest BCUT2D eigenvalue weighted by Gasteiger charge is 2.11. The lowest BCUT2D eigenvalue weighted by Gasteiger charge is -1.96. The molecular weight excluding hydrogens is 204 g/mol. The van der Waals surface area contributed by atoms with E-state index in [0.29, 0.717) is 16.6 Å². The highest BCUT2D eigenvalue weighted by molar-refractivity contribution is 6.08. The van der Waals surface area contributed by atoms with Crippen LogP contribution in [-0.4, -0.2) is 10.2 Å². The van der Waals surface area contributed by atoms with Gasteiger partial charge in [-0.1, -0.05) is 0 Å². The molecule has 2 N–H and O–H groups in total. The monoisotopic (exact) mass is 214 g/mol. The second kappa shape index (κ2) is 2.92. The van der Waals surface area contributed by atoms with Crippen molar-refractivity contribution < 1.29 is 14.6 Å². The Hall–Kier alpha value is -2.16. The van der Waals surface area contributed by atoms with Crippen LogP contribution < -0.4 is 0 Å². The molecule has 3 aromatic rings. The summed E-state index contributed by atoms with van der Waals surface area (Å²) in [5.41, 5.74) is 2.15. The smallest absolute Gasteiger partial charge is 0.139 e. The second-order valence-electron chi connectivity index (χ2n) is 3.94. The predicted molar refractivity (Wildman–Crippen MR) is 61.8 cm³/mol. The number of furan rings is 1. The van der Waals surface area contributed by atoms with Gasteiger partial charge in [0.1, 0.15) is 22.7 Å². The summed E-state index contributed by atoms with van der Waals surface area (Å²) in [6, 6.07) is 8.43. The Morgan fingerprint density at radius 3 is 2.62 bits per heavy atom. The van der Waals surface area contributed by atoms with Crippen LogP contribution in [0.25, 0.3) is 21.9 Å². The van der Waals surface area contributed by atoms with Gasteiger partial charge in [0.25, 0.3) is 0 Å². The maximum Gasteiger partial charge on any atom is 0.139 e. The molecule has 2 aromatic carbocycles. The molecule has 0 fully saturated rings. The van der Waals surface area contributed by atoms with Gasteiger partial charge in [-0.05, 0) is 36.8 Å². The lowest BCUT2D eigenvalue weighted by Crippen LogP contribution is -1.73. The zero-order valence-electron chi connectivity index (χ0n) is 8.69. The molecule has 0 radical (unpaired) electrons. The average molecular weight is 214 g/mol. The van der Waals surface area contributed by atoms with E-state index in [-0.39, 0.29) is 11.5 Å². The van der Waals surface area contributed by atoms with E-state index in [1.807, 2.05) is 13.0 Å². The molecule has 0 atom stereocenters. The van der Waals surface area contributed by atoms with Crippen molar-refractivity contribution in [1.82, 2.24) is 0 Å². The fourth-order valence-corrected chi connectivity index (χ4v) is 2.01. The Bertz CT molecular complexity index is 695. The summed E-state index contributed by atoms with van der Waals surface area (Å²) >= 11 is 0. The first-order chi connectivity index (χ1) is 7.65. The van der Waals surface area contributed by atoms with E-state index >= 15 is 0 Å². The molecule has 0 spiro atoms. The summed E-state index contributed by atoms with van der Waals surface area (Å²) in [5.74, 6) is 0.363. The molecule has 0 bridgehead atoms. The molecule has 0 saturated heterocycles. The van der Waals surface area contributed by atoms with Gasteiger partial charge in [0.05, 0.1) is 5.39 Å². The molecule has 3 nitrogen and oxygen atoms in total. The minimum Gasteiger partial charge on any atom is -0.508 e. The van der Waals surface area contributed by atoms with Crippen molar-refractivity contribution in [2.75, 3.05) is 0 Å². The number of hydrogen-bond acceptors (Lipinski definition) is 3. The van der Waals surface area contributed by atoms with Crippen molar-refractivity contribution in [2.24, 2.45) is 0 Å². The maximum atomic E-state index is 9.89. The molecule has 0 amide bonds. The van der Waals surface area contributed by atoms with Gasteiger partial charge in [-0.25, -0.2) is 0 Å². The van der Waals surface area contributed by atoms with Crippen molar-refractivity contribution in [1.29, 1.82) is 0 Å². The van der Waals surface area contributed by atoms with E-state index in [9.17, 15) is 10.2 Å². The van der Waals surface area contributed by atoms with Gasteiger partial charge in [0.2, 0.25) is 0 Å². The Kier molecular flexibility index (Phi) is 1.66. The Balaban J connectivity index is 2.56. The van der Waals surface area contributed by atoms with Crippen molar-refractivity contribution >= 4 is 21.9 Å². The molecule has 1 aromatic heterocycles. The minimum absolute atomic E-state index is 0.155. The third kappa shape index (κ3) is 1.15. The number of phenolic OH excluding ortho intramolecular Hbond substituents is 2. The molecule has 3 rings (SSSR count). The molecule has 0 aliphatic heterocycles. The normalized spacial score (nSPS) is 11.3. The van der Waals surface area contributed by atoms with Crippen LogP contribution in [0.1, 0.15) is 5.56 Å². The molecule has 0 unspecified atom stereocenters.